The molecule has 2 heterocycles. The Labute approximate surface area is 138 Å². The van der Waals surface area contributed by atoms with Crippen LogP contribution in [0, 0.1) is 5.92 Å². The molecule has 2 rings (SSSR count). The van der Waals surface area contributed by atoms with Crippen molar-refractivity contribution in [3.05, 3.63) is 24.0 Å². The topological polar surface area (TPSA) is 68.5 Å². The highest BCUT2D eigenvalue weighted by Crippen LogP contribution is 2.22. The Hall–Kier alpha value is -1.04. The van der Waals surface area contributed by atoms with E-state index in [1.165, 1.54) is 0 Å². The molecule has 21 heavy (non-hydrogen) atoms. The lowest BCUT2D eigenvalue weighted by atomic mass is 10.1. The van der Waals surface area contributed by atoms with Crippen LogP contribution >= 0.6 is 24.8 Å². The summed E-state index contributed by atoms with van der Waals surface area (Å²) in [6, 6.07) is 3.57. The number of halogens is 2. The second-order valence-electron chi connectivity index (χ2n) is 5.16. The average molecular weight is 336 g/mol. The molecule has 120 valence electrons. The predicted molar refractivity (Wildman–Crippen MR) is 87.6 cm³/mol. The van der Waals surface area contributed by atoms with E-state index >= 15 is 0 Å². The zero-order valence-electron chi connectivity index (χ0n) is 12.3. The summed E-state index contributed by atoms with van der Waals surface area (Å²) < 4.78 is 5.64. The molecule has 0 aliphatic carbocycles. The number of hydrogen-bond acceptors (Lipinski definition) is 4. The lowest BCUT2D eigenvalue weighted by Crippen LogP contribution is -2.31. The molecule has 0 spiro atoms. The van der Waals surface area contributed by atoms with Crippen molar-refractivity contribution < 1.29 is 9.53 Å². The standard InChI is InChI=1S/C14H21N3O2.2ClH/c1-10(2)19-12-4-3-6-16-13(12)14(18)17-7-5-11(8-15)9-17;;/h3-4,6,10-11H,5,7-9,15H2,1-2H3;2*1H. The van der Waals surface area contributed by atoms with Gasteiger partial charge in [-0.05, 0) is 44.9 Å². The summed E-state index contributed by atoms with van der Waals surface area (Å²) in [7, 11) is 0. The van der Waals surface area contributed by atoms with E-state index in [4.69, 9.17) is 10.5 Å². The molecule has 0 radical (unpaired) electrons. The summed E-state index contributed by atoms with van der Waals surface area (Å²) in [6.07, 6.45) is 2.61. The molecule has 0 bridgehead atoms. The SMILES string of the molecule is CC(C)Oc1cccnc1C(=O)N1CCC(CN)C1.Cl.Cl. The van der Waals surface area contributed by atoms with Gasteiger partial charge in [0.2, 0.25) is 0 Å². The highest BCUT2D eigenvalue weighted by Gasteiger charge is 2.28. The lowest BCUT2D eigenvalue weighted by Gasteiger charge is -2.18. The van der Waals surface area contributed by atoms with E-state index < -0.39 is 0 Å². The van der Waals surface area contributed by atoms with Crippen LogP contribution in [0.3, 0.4) is 0 Å². The van der Waals surface area contributed by atoms with Gasteiger partial charge in [-0.2, -0.15) is 0 Å². The Morgan fingerprint density at radius 2 is 2.24 bits per heavy atom. The smallest absolute Gasteiger partial charge is 0.276 e. The Morgan fingerprint density at radius 3 is 2.81 bits per heavy atom. The molecular weight excluding hydrogens is 313 g/mol. The number of aromatic nitrogens is 1. The van der Waals surface area contributed by atoms with Crippen LogP contribution in [0.15, 0.2) is 18.3 Å². The van der Waals surface area contributed by atoms with Gasteiger partial charge in [0.05, 0.1) is 6.10 Å². The number of carbonyl (C=O) groups is 1. The van der Waals surface area contributed by atoms with E-state index in [1.807, 2.05) is 18.7 Å². The molecule has 1 atom stereocenters. The van der Waals surface area contributed by atoms with Crippen LogP contribution in [0.1, 0.15) is 30.8 Å². The monoisotopic (exact) mass is 335 g/mol. The van der Waals surface area contributed by atoms with Crippen molar-refractivity contribution in [1.82, 2.24) is 9.88 Å². The molecule has 5 nitrogen and oxygen atoms in total. The van der Waals surface area contributed by atoms with Gasteiger partial charge < -0.3 is 15.4 Å². The quantitative estimate of drug-likeness (QED) is 0.915. The fourth-order valence-electron chi connectivity index (χ4n) is 2.26. The van der Waals surface area contributed by atoms with Crippen LogP contribution in [0.25, 0.3) is 0 Å². The molecule has 1 aliphatic heterocycles. The third-order valence-corrected chi connectivity index (χ3v) is 3.24. The van der Waals surface area contributed by atoms with Gasteiger partial charge in [-0.1, -0.05) is 0 Å². The van der Waals surface area contributed by atoms with Crippen LogP contribution < -0.4 is 10.5 Å². The summed E-state index contributed by atoms with van der Waals surface area (Å²) in [5.74, 6) is 0.896. The third-order valence-electron chi connectivity index (χ3n) is 3.24. The first-order chi connectivity index (χ1) is 9.11. The van der Waals surface area contributed by atoms with Crippen LogP contribution in [-0.2, 0) is 0 Å². The highest BCUT2D eigenvalue weighted by molar-refractivity contribution is 5.95. The molecule has 1 aromatic heterocycles. The van der Waals surface area contributed by atoms with Crippen molar-refractivity contribution in [2.45, 2.75) is 26.4 Å². The highest BCUT2D eigenvalue weighted by atomic mass is 35.5. The summed E-state index contributed by atoms with van der Waals surface area (Å²) in [5, 5.41) is 0. The predicted octanol–water partition coefficient (Wildman–Crippen LogP) is 2.13. The van der Waals surface area contributed by atoms with E-state index in [0.717, 1.165) is 13.0 Å². The maximum absolute atomic E-state index is 12.5. The maximum atomic E-state index is 12.5. The number of carbonyl (C=O) groups excluding carboxylic acids is 1. The zero-order chi connectivity index (χ0) is 13.8. The number of rotatable bonds is 4. The number of pyridine rings is 1. The van der Waals surface area contributed by atoms with Gasteiger partial charge in [-0.15, -0.1) is 24.8 Å². The summed E-state index contributed by atoms with van der Waals surface area (Å²) in [5.41, 5.74) is 6.05. The van der Waals surface area contributed by atoms with Crippen molar-refractivity contribution in [2.24, 2.45) is 11.7 Å². The van der Waals surface area contributed by atoms with Gasteiger partial charge in [0.1, 0.15) is 0 Å². The number of nitrogens with two attached hydrogens (primary N) is 1. The molecule has 2 N–H and O–H groups in total. The first-order valence-electron chi connectivity index (χ1n) is 6.72. The number of likely N-dealkylation sites (tertiary alicyclic amines) is 1. The van der Waals surface area contributed by atoms with Crippen LogP contribution in [-0.4, -0.2) is 41.5 Å². The molecule has 1 aliphatic rings. The van der Waals surface area contributed by atoms with Gasteiger partial charge in [0.25, 0.3) is 5.91 Å². The Bertz CT molecular complexity index is 458. The maximum Gasteiger partial charge on any atom is 0.276 e. The van der Waals surface area contributed by atoms with Gasteiger partial charge in [0.15, 0.2) is 11.4 Å². The molecule has 0 aromatic carbocycles. The summed E-state index contributed by atoms with van der Waals surface area (Å²) in [6.45, 7) is 5.95. The molecule has 1 amide bonds. The molecule has 1 saturated heterocycles. The van der Waals surface area contributed by atoms with E-state index in [1.54, 1.807) is 18.3 Å². The van der Waals surface area contributed by atoms with Crippen molar-refractivity contribution in [3.63, 3.8) is 0 Å². The molecule has 0 saturated carbocycles. The molecule has 7 heteroatoms. The van der Waals surface area contributed by atoms with Crippen LogP contribution in [0.2, 0.25) is 0 Å². The van der Waals surface area contributed by atoms with Gasteiger partial charge in [-0.25, -0.2) is 4.98 Å². The van der Waals surface area contributed by atoms with Crippen LogP contribution in [0.4, 0.5) is 0 Å². The summed E-state index contributed by atoms with van der Waals surface area (Å²) in [4.78, 5) is 18.4. The zero-order valence-corrected chi connectivity index (χ0v) is 14.0. The first-order valence-corrected chi connectivity index (χ1v) is 6.72. The molecule has 1 fully saturated rings. The van der Waals surface area contributed by atoms with Crippen molar-refractivity contribution >= 4 is 30.7 Å². The number of amides is 1. The number of nitrogens with zero attached hydrogens (tertiary/aromatic N) is 2. The Morgan fingerprint density at radius 1 is 1.52 bits per heavy atom. The molecule has 1 aromatic rings. The van der Waals surface area contributed by atoms with E-state index in [-0.39, 0.29) is 36.8 Å². The largest absolute Gasteiger partial charge is 0.489 e. The minimum absolute atomic E-state index is 0. The van der Waals surface area contributed by atoms with Gasteiger partial charge >= 0.3 is 0 Å². The van der Waals surface area contributed by atoms with Crippen molar-refractivity contribution in [1.29, 1.82) is 0 Å². The second kappa shape index (κ2) is 9.07. The second-order valence-corrected chi connectivity index (χ2v) is 5.16. The van der Waals surface area contributed by atoms with E-state index in [9.17, 15) is 4.79 Å². The van der Waals surface area contributed by atoms with E-state index in [0.29, 0.717) is 30.5 Å². The fourth-order valence-corrected chi connectivity index (χ4v) is 2.26. The molecular formula is C14H23Cl2N3O2. The fraction of sp³-hybridized carbons (Fsp3) is 0.571. The van der Waals surface area contributed by atoms with Crippen LogP contribution in [0.5, 0.6) is 5.75 Å². The number of hydrogen-bond donors (Lipinski definition) is 1. The minimum Gasteiger partial charge on any atom is -0.489 e. The third kappa shape index (κ3) is 5.02. The first kappa shape index (κ1) is 20.0. The Kier molecular flexibility index (Phi) is 8.63. The van der Waals surface area contributed by atoms with Crippen molar-refractivity contribution in [2.75, 3.05) is 19.6 Å². The summed E-state index contributed by atoms with van der Waals surface area (Å²) >= 11 is 0. The normalized spacial score (nSPS) is 17.1. The van der Waals surface area contributed by atoms with E-state index in [2.05, 4.69) is 4.98 Å². The van der Waals surface area contributed by atoms with Gasteiger partial charge in [0, 0.05) is 19.3 Å². The Balaban J connectivity index is 0.00000200. The lowest BCUT2D eigenvalue weighted by molar-refractivity contribution is 0.0775. The number of ether oxygens (including phenoxy) is 1. The minimum atomic E-state index is -0.0628. The van der Waals surface area contributed by atoms with Crippen molar-refractivity contribution in [3.8, 4) is 5.75 Å². The average Bonchev–Trinajstić information content (AvgIpc) is 2.86. The molecule has 1 unspecified atom stereocenters. The van der Waals surface area contributed by atoms with Gasteiger partial charge in [-0.3, -0.25) is 4.79 Å².